The van der Waals surface area contributed by atoms with Gasteiger partial charge in [0, 0.05) is 18.7 Å². The molecule has 0 aliphatic heterocycles. The van der Waals surface area contributed by atoms with Crippen molar-refractivity contribution in [3.8, 4) is 11.5 Å². The summed E-state index contributed by atoms with van der Waals surface area (Å²) in [5.74, 6) is 0.328. The van der Waals surface area contributed by atoms with Gasteiger partial charge in [-0.1, -0.05) is 12.1 Å². The molecule has 0 radical (unpaired) electrons. The van der Waals surface area contributed by atoms with Crippen molar-refractivity contribution in [2.45, 2.75) is 19.5 Å². The summed E-state index contributed by atoms with van der Waals surface area (Å²) in [6.45, 7) is 2.51. The molecular weight excluding hydrogens is 257 g/mol. The molecule has 0 aliphatic carbocycles. The molecule has 2 rings (SSSR count). The van der Waals surface area contributed by atoms with Gasteiger partial charge in [-0.15, -0.1) is 0 Å². The Hall–Kier alpha value is -2.07. The van der Waals surface area contributed by atoms with Crippen molar-refractivity contribution >= 4 is 0 Å². The van der Waals surface area contributed by atoms with Crippen molar-refractivity contribution in [2.24, 2.45) is 0 Å². The summed E-state index contributed by atoms with van der Waals surface area (Å²) >= 11 is 0. The summed E-state index contributed by atoms with van der Waals surface area (Å²) in [6, 6.07) is 12.0. The summed E-state index contributed by atoms with van der Waals surface area (Å²) in [7, 11) is 1.63. The Balaban J connectivity index is 1.98. The molecule has 0 saturated carbocycles. The number of ether oxygens (including phenoxy) is 1. The van der Waals surface area contributed by atoms with Gasteiger partial charge in [-0.05, 0) is 42.3 Å². The molecule has 0 bridgehead atoms. The number of rotatable bonds is 5. The van der Waals surface area contributed by atoms with Crippen molar-refractivity contribution in [1.82, 2.24) is 5.32 Å². The average Bonchev–Trinajstić information content (AvgIpc) is 2.44. The van der Waals surface area contributed by atoms with Crippen molar-refractivity contribution in [3.63, 3.8) is 0 Å². The normalized spacial score (nSPS) is 12.2. The number of nitrogens with one attached hydrogen (secondary N) is 1. The van der Waals surface area contributed by atoms with Gasteiger partial charge in [0.05, 0.1) is 7.11 Å². The van der Waals surface area contributed by atoms with E-state index in [1.807, 2.05) is 31.2 Å². The van der Waals surface area contributed by atoms with Gasteiger partial charge >= 0.3 is 0 Å². The molecular formula is C16H18FNO2. The van der Waals surface area contributed by atoms with E-state index in [0.717, 1.165) is 17.4 Å². The first-order valence-electron chi connectivity index (χ1n) is 6.44. The number of aromatic hydroxyl groups is 1. The highest BCUT2D eigenvalue weighted by Crippen LogP contribution is 2.19. The Bertz CT molecular complexity index is 549. The molecule has 0 amide bonds. The standard InChI is InChI=1S/C16H18FNO2/c1-11(13-3-5-16(20-2)6-4-13)18-10-12-7-14(17)9-15(19)8-12/h3-9,11,18-19H,10H2,1-2H3/t11-/m0/s1. The predicted octanol–water partition coefficient (Wildman–Crippen LogP) is 3.39. The van der Waals surface area contributed by atoms with Crippen LogP contribution in [0.15, 0.2) is 42.5 Å². The van der Waals surface area contributed by atoms with Gasteiger partial charge in [0.2, 0.25) is 0 Å². The van der Waals surface area contributed by atoms with Crippen LogP contribution in [-0.2, 0) is 6.54 Å². The van der Waals surface area contributed by atoms with Gasteiger partial charge in [0.25, 0.3) is 0 Å². The maximum atomic E-state index is 13.2. The zero-order valence-corrected chi connectivity index (χ0v) is 11.6. The highest BCUT2D eigenvalue weighted by molar-refractivity contribution is 5.30. The largest absolute Gasteiger partial charge is 0.508 e. The van der Waals surface area contributed by atoms with E-state index in [4.69, 9.17) is 4.74 Å². The number of benzene rings is 2. The predicted molar refractivity (Wildman–Crippen MR) is 76.3 cm³/mol. The van der Waals surface area contributed by atoms with E-state index in [-0.39, 0.29) is 11.8 Å². The molecule has 1 atom stereocenters. The van der Waals surface area contributed by atoms with E-state index in [9.17, 15) is 9.50 Å². The maximum absolute atomic E-state index is 13.2. The third-order valence-electron chi connectivity index (χ3n) is 3.17. The number of hydrogen-bond donors (Lipinski definition) is 2. The lowest BCUT2D eigenvalue weighted by molar-refractivity contribution is 0.414. The van der Waals surface area contributed by atoms with Gasteiger partial charge < -0.3 is 15.2 Å². The van der Waals surface area contributed by atoms with Crippen molar-refractivity contribution in [2.75, 3.05) is 7.11 Å². The summed E-state index contributed by atoms with van der Waals surface area (Å²) in [5.41, 5.74) is 1.83. The Morgan fingerprint density at radius 1 is 1.20 bits per heavy atom. The zero-order valence-electron chi connectivity index (χ0n) is 11.6. The fourth-order valence-corrected chi connectivity index (χ4v) is 2.02. The van der Waals surface area contributed by atoms with Crippen LogP contribution in [0.2, 0.25) is 0 Å². The molecule has 20 heavy (non-hydrogen) atoms. The van der Waals surface area contributed by atoms with Gasteiger partial charge in [0.1, 0.15) is 17.3 Å². The number of phenolic OH excluding ortho intramolecular Hbond substituents is 1. The lowest BCUT2D eigenvalue weighted by atomic mass is 10.1. The first-order chi connectivity index (χ1) is 9.58. The average molecular weight is 275 g/mol. The summed E-state index contributed by atoms with van der Waals surface area (Å²) in [6.07, 6.45) is 0. The highest BCUT2D eigenvalue weighted by atomic mass is 19.1. The molecule has 4 heteroatoms. The van der Waals surface area contributed by atoms with Crippen LogP contribution >= 0.6 is 0 Å². The molecule has 2 N–H and O–H groups in total. The van der Waals surface area contributed by atoms with E-state index in [2.05, 4.69) is 5.32 Å². The minimum atomic E-state index is -0.432. The minimum Gasteiger partial charge on any atom is -0.508 e. The molecule has 2 aromatic carbocycles. The molecule has 3 nitrogen and oxygen atoms in total. The molecule has 0 spiro atoms. The third kappa shape index (κ3) is 3.71. The Kier molecular flexibility index (Phi) is 4.58. The molecule has 0 fully saturated rings. The molecule has 106 valence electrons. The smallest absolute Gasteiger partial charge is 0.127 e. The molecule has 0 aromatic heterocycles. The molecule has 0 aliphatic rings. The van der Waals surface area contributed by atoms with Gasteiger partial charge in [0.15, 0.2) is 0 Å². The van der Waals surface area contributed by atoms with Crippen LogP contribution < -0.4 is 10.1 Å². The molecule has 0 heterocycles. The van der Waals surface area contributed by atoms with Crippen molar-refractivity contribution in [1.29, 1.82) is 0 Å². The first-order valence-corrected chi connectivity index (χ1v) is 6.44. The van der Waals surface area contributed by atoms with Crippen LogP contribution in [-0.4, -0.2) is 12.2 Å². The number of methoxy groups -OCH3 is 1. The van der Waals surface area contributed by atoms with E-state index in [1.165, 1.54) is 6.07 Å². The van der Waals surface area contributed by atoms with Gasteiger partial charge in [-0.2, -0.15) is 0 Å². The summed E-state index contributed by atoms with van der Waals surface area (Å²) in [5, 5.41) is 12.6. The second-order valence-electron chi connectivity index (χ2n) is 4.69. The van der Waals surface area contributed by atoms with E-state index in [1.54, 1.807) is 13.2 Å². The Morgan fingerprint density at radius 2 is 1.90 bits per heavy atom. The molecule has 2 aromatic rings. The van der Waals surface area contributed by atoms with Crippen LogP contribution in [0.4, 0.5) is 4.39 Å². The highest BCUT2D eigenvalue weighted by Gasteiger charge is 2.06. The second kappa shape index (κ2) is 6.39. The van der Waals surface area contributed by atoms with Crippen LogP contribution in [0.3, 0.4) is 0 Å². The molecule has 0 saturated heterocycles. The van der Waals surface area contributed by atoms with Crippen molar-refractivity contribution in [3.05, 3.63) is 59.4 Å². The number of halogens is 1. The quantitative estimate of drug-likeness (QED) is 0.879. The van der Waals surface area contributed by atoms with Gasteiger partial charge in [-0.25, -0.2) is 4.39 Å². The van der Waals surface area contributed by atoms with Gasteiger partial charge in [-0.3, -0.25) is 0 Å². The molecule has 0 unspecified atom stereocenters. The van der Waals surface area contributed by atoms with E-state index < -0.39 is 5.82 Å². The van der Waals surface area contributed by atoms with Crippen molar-refractivity contribution < 1.29 is 14.2 Å². The fraction of sp³-hybridized carbons (Fsp3) is 0.250. The zero-order chi connectivity index (χ0) is 14.5. The Labute approximate surface area is 118 Å². The summed E-state index contributed by atoms with van der Waals surface area (Å²) < 4.78 is 18.3. The fourth-order valence-electron chi connectivity index (χ4n) is 2.02. The Morgan fingerprint density at radius 3 is 2.50 bits per heavy atom. The van der Waals surface area contributed by atoms with E-state index >= 15 is 0 Å². The maximum Gasteiger partial charge on any atom is 0.127 e. The lowest BCUT2D eigenvalue weighted by Crippen LogP contribution is -2.18. The van der Waals surface area contributed by atoms with Crippen LogP contribution in [0.25, 0.3) is 0 Å². The van der Waals surface area contributed by atoms with Crippen LogP contribution in [0, 0.1) is 5.82 Å². The lowest BCUT2D eigenvalue weighted by Gasteiger charge is -2.15. The van der Waals surface area contributed by atoms with Crippen LogP contribution in [0.5, 0.6) is 11.5 Å². The number of hydrogen-bond acceptors (Lipinski definition) is 3. The van der Waals surface area contributed by atoms with Crippen LogP contribution in [0.1, 0.15) is 24.1 Å². The van der Waals surface area contributed by atoms with E-state index in [0.29, 0.717) is 12.1 Å². The third-order valence-corrected chi connectivity index (χ3v) is 3.17. The topological polar surface area (TPSA) is 41.5 Å². The number of phenols is 1. The second-order valence-corrected chi connectivity index (χ2v) is 4.69. The SMILES string of the molecule is COc1ccc([C@H](C)NCc2cc(O)cc(F)c2)cc1. The monoisotopic (exact) mass is 275 g/mol. The summed E-state index contributed by atoms with van der Waals surface area (Å²) in [4.78, 5) is 0. The minimum absolute atomic E-state index is 0.0566. The first kappa shape index (κ1) is 14.3.